The molecule has 2 N–H and O–H groups in total. The lowest BCUT2D eigenvalue weighted by atomic mass is 9.87. The van der Waals surface area contributed by atoms with E-state index in [-0.39, 0.29) is 71.8 Å². The largest absolute Gasteiger partial charge is 0.481 e. The fraction of sp³-hybridized carbons (Fsp3) is 0.667. The van der Waals surface area contributed by atoms with Crippen LogP contribution in [0.25, 0.3) is 6.08 Å². The summed E-state index contributed by atoms with van der Waals surface area (Å²) in [6.07, 6.45) is 11.1. The number of Topliss-reactive ketones (excluding diaryl/α,β-unsaturated/α-hetero) is 2. The number of allylic oxidation sites excluding steroid dienone is 1. The van der Waals surface area contributed by atoms with Gasteiger partial charge >= 0.3 is 5.97 Å². The third-order valence-corrected chi connectivity index (χ3v) is 13.2. The second-order valence-electron chi connectivity index (χ2n) is 19.3. The summed E-state index contributed by atoms with van der Waals surface area (Å²) in [6.45, 7) is 27.0. The first kappa shape index (κ1) is 63.8. The topological polar surface area (TPSA) is 143 Å². The Bertz CT molecular complexity index is 1720. The zero-order valence-electron chi connectivity index (χ0n) is 45.3. The lowest BCUT2D eigenvalue weighted by Crippen LogP contribution is -2.53. The van der Waals surface area contributed by atoms with Gasteiger partial charge in [0.05, 0.1) is 36.8 Å². The van der Waals surface area contributed by atoms with Crippen LogP contribution in [0.5, 0.6) is 0 Å². The molecule has 386 valence electrons. The van der Waals surface area contributed by atoms with Crippen LogP contribution in [-0.4, -0.2) is 109 Å². The highest BCUT2D eigenvalue weighted by Gasteiger charge is 2.40. The van der Waals surface area contributed by atoms with Gasteiger partial charge in [-0.05, 0) is 100 Å². The number of rotatable bonds is 26. The quantitative estimate of drug-likeness (QED) is 0.0881. The van der Waals surface area contributed by atoms with Gasteiger partial charge in [0.15, 0.2) is 5.78 Å². The number of likely N-dealkylation sites (tertiary alicyclic amines) is 1. The zero-order valence-corrected chi connectivity index (χ0v) is 45.3. The van der Waals surface area contributed by atoms with Crippen molar-refractivity contribution >= 4 is 35.4 Å². The van der Waals surface area contributed by atoms with Gasteiger partial charge in [-0.3, -0.25) is 28.9 Å². The molecule has 1 heterocycles. The van der Waals surface area contributed by atoms with E-state index in [1.807, 2.05) is 71.4 Å². The van der Waals surface area contributed by atoms with E-state index < -0.39 is 12.0 Å². The number of hydrogen-bond acceptors (Lipinski definition) is 8. The maximum Gasteiger partial charge on any atom is 0.303 e. The summed E-state index contributed by atoms with van der Waals surface area (Å²) in [7, 11) is 5.22. The van der Waals surface area contributed by atoms with Crippen molar-refractivity contribution in [2.75, 3.05) is 34.4 Å². The molecule has 11 heteroatoms. The predicted octanol–water partition coefficient (Wildman–Crippen LogP) is 11.2. The molecule has 0 aliphatic carbocycles. The smallest absolute Gasteiger partial charge is 0.303 e. The molecule has 0 bridgehead atoms. The molecular formula is C57H95N3O8. The summed E-state index contributed by atoms with van der Waals surface area (Å²) in [6, 6.07) is 20.3. The second-order valence-corrected chi connectivity index (χ2v) is 19.3. The van der Waals surface area contributed by atoms with Crippen molar-refractivity contribution in [3.8, 4) is 0 Å². The van der Waals surface area contributed by atoms with Crippen LogP contribution < -0.4 is 5.32 Å². The molecule has 0 saturated carbocycles. The molecule has 0 radical (unpaired) electrons. The molecule has 1 aliphatic heterocycles. The van der Waals surface area contributed by atoms with Crippen LogP contribution >= 0.6 is 0 Å². The van der Waals surface area contributed by atoms with E-state index in [1.54, 1.807) is 21.1 Å². The molecule has 2 amide bonds. The molecule has 2 aromatic rings. The molecule has 1 saturated heterocycles. The number of carbonyl (C=O) groups excluding carboxylic acids is 4. The number of likely N-dealkylation sites (N-methyl/N-ethyl adjacent to an activating group) is 1. The van der Waals surface area contributed by atoms with Gasteiger partial charge in [-0.2, -0.15) is 0 Å². The van der Waals surface area contributed by atoms with Gasteiger partial charge < -0.3 is 24.8 Å². The first-order valence-corrected chi connectivity index (χ1v) is 25.6. The van der Waals surface area contributed by atoms with Crippen molar-refractivity contribution in [3.05, 3.63) is 77.9 Å². The summed E-state index contributed by atoms with van der Waals surface area (Å²) in [5.74, 6) is 0.670. The van der Waals surface area contributed by atoms with Crippen molar-refractivity contribution in [3.63, 3.8) is 0 Å². The molecule has 0 aromatic heterocycles. The first-order valence-electron chi connectivity index (χ1n) is 25.6. The SMILES string of the molecule is CC.CC(=O)[C@@H](NC(=O)C(C(C)C)N(C)CCCCCC(=O)O)C(C)C.CCC(C)C(C)C(CC(=O)N1CCCC1C(OC)C(C)C(C)=O)OC.C[C@H](/C=C/c1ccccc1)Cc1ccccc1. The Hall–Kier alpha value is -4.19. The summed E-state index contributed by atoms with van der Waals surface area (Å²) >= 11 is 0. The standard InChI is InChI=1S/C20H37NO4.C18H34N2O4.C17H18.C2H6/c1-8-13(2)14(3)18(24-6)12-19(23)21-11-9-10-17(21)20(25-7)15(4)16(5)22;1-12(2)16(14(5)21)19-18(24)17(13(3)4)20(6)11-9-7-8-10-15(22)23;1-15(14-17-10-6-3-7-11-17)12-13-16-8-4-2-5-9-16;1-2/h13-15,17-18,20H,8-12H2,1-7H3;12-13,16-17H,7-11H2,1-6H3,(H,19,24)(H,22,23);2-13,15H,14H2,1H3;1-2H3/b;;13-12+;/t;16-,17?;15-;/m.01./s1. The van der Waals surface area contributed by atoms with Crippen LogP contribution in [0.15, 0.2) is 66.7 Å². The van der Waals surface area contributed by atoms with Crippen molar-refractivity contribution in [1.29, 1.82) is 0 Å². The Morgan fingerprint density at radius 2 is 1.41 bits per heavy atom. The van der Waals surface area contributed by atoms with E-state index >= 15 is 0 Å². The monoisotopic (exact) mass is 950 g/mol. The minimum absolute atomic E-state index is 0.0205. The van der Waals surface area contributed by atoms with Crippen LogP contribution in [0.3, 0.4) is 0 Å². The Labute approximate surface area is 413 Å². The minimum Gasteiger partial charge on any atom is -0.481 e. The maximum atomic E-state index is 13.0. The van der Waals surface area contributed by atoms with Crippen molar-refractivity contribution in [2.24, 2.45) is 35.5 Å². The summed E-state index contributed by atoms with van der Waals surface area (Å²) in [5, 5.41) is 11.5. The Morgan fingerprint density at radius 3 is 1.90 bits per heavy atom. The highest BCUT2D eigenvalue weighted by atomic mass is 16.5. The van der Waals surface area contributed by atoms with Crippen LogP contribution in [0.4, 0.5) is 0 Å². The number of nitrogens with one attached hydrogen (secondary N) is 1. The van der Waals surface area contributed by atoms with Gasteiger partial charge in [-0.15, -0.1) is 0 Å². The lowest BCUT2D eigenvalue weighted by Gasteiger charge is -2.35. The Morgan fingerprint density at radius 1 is 0.824 bits per heavy atom. The van der Waals surface area contributed by atoms with E-state index in [0.717, 1.165) is 51.6 Å². The average molecular weight is 950 g/mol. The number of benzene rings is 2. The number of aliphatic carboxylic acids is 1. The normalized spacial score (nSPS) is 17.0. The zero-order chi connectivity index (χ0) is 51.9. The average Bonchev–Trinajstić information content (AvgIpc) is 3.80. The van der Waals surface area contributed by atoms with Gasteiger partial charge in [0.25, 0.3) is 0 Å². The molecule has 2 aromatic carbocycles. The van der Waals surface area contributed by atoms with E-state index in [0.29, 0.717) is 30.6 Å². The number of carbonyl (C=O) groups is 5. The number of hydrogen-bond donors (Lipinski definition) is 2. The van der Waals surface area contributed by atoms with Crippen LogP contribution in [-0.2, 0) is 39.9 Å². The fourth-order valence-electron chi connectivity index (χ4n) is 8.72. The Balaban J connectivity index is 0.000000986. The van der Waals surface area contributed by atoms with Gasteiger partial charge in [0.1, 0.15) is 5.78 Å². The van der Waals surface area contributed by atoms with E-state index in [1.165, 1.54) is 18.1 Å². The van der Waals surface area contributed by atoms with Gasteiger partial charge in [-0.25, -0.2) is 0 Å². The third-order valence-electron chi connectivity index (χ3n) is 13.2. The number of nitrogens with zero attached hydrogens (tertiary/aromatic N) is 2. The van der Waals surface area contributed by atoms with E-state index in [2.05, 4.69) is 99.8 Å². The highest BCUT2D eigenvalue weighted by molar-refractivity contribution is 5.90. The molecular weight excluding hydrogens is 855 g/mol. The number of amides is 2. The molecule has 1 aliphatic rings. The predicted molar refractivity (Wildman–Crippen MR) is 280 cm³/mol. The Kier molecular flexibility index (Phi) is 33.6. The summed E-state index contributed by atoms with van der Waals surface area (Å²) in [4.78, 5) is 63.5. The van der Waals surface area contributed by atoms with Crippen LogP contribution in [0.1, 0.15) is 153 Å². The fourth-order valence-corrected chi connectivity index (χ4v) is 8.72. The summed E-state index contributed by atoms with van der Waals surface area (Å²) < 4.78 is 11.3. The van der Waals surface area contributed by atoms with Crippen molar-refractivity contribution in [2.45, 2.75) is 178 Å². The first-order chi connectivity index (χ1) is 32.2. The minimum atomic E-state index is -0.772. The van der Waals surface area contributed by atoms with Crippen LogP contribution in [0.2, 0.25) is 0 Å². The number of methoxy groups -OCH3 is 2. The highest BCUT2D eigenvalue weighted by Crippen LogP contribution is 2.29. The van der Waals surface area contributed by atoms with Gasteiger partial charge in [-0.1, -0.05) is 162 Å². The van der Waals surface area contributed by atoms with Gasteiger partial charge in [0.2, 0.25) is 11.8 Å². The molecule has 11 nitrogen and oxygen atoms in total. The second kappa shape index (κ2) is 35.9. The molecule has 7 unspecified atom stereocenters. The van der Waals surface area contributed by atoms with Crippen molar-refractivity contribution in [1.82, 2.24) is 15.1 Å². The van der Waals surface area contributed by atoms with E-state index in [9.17, 15) is 24.0 Å². The summed E-state index contributed by atoms with van der Waals surface area (Å²) in [5.41, 5.74) is 2.67. The number of ketones is 2. The molecule has 3 rings (SSSR count). The molecule has 9 atom stereocenters. The van der Waals surface area contributed by atoms with Gasteiger partial charge in [0, 0.05) is 33.1 Å². The molecule has 68 heavy (non-hydrogen) atoms. The maximum absolute atomic E-state index is 13.0. The third kappa shape index (κ3) is 24.4. The number of carboxylic acid groups (broad SMARTS) is 1. The van der Waals surface area contributed by atoms with Crippen molar-refractivity contribution < 1.29 is 38.6 Å². The molecule has 1 fully saturated rings. The molecule has 0 spiro atoms. The van der Waals surface area contributed by atoms with E-state index in [4.69, 9.17) is 14.6 Å². The number of unbranched alkanes of at least 4 members (excludes halogenated alkanes) is 2. The lowest BCUT2D eigenvalue weighted by molar-refractivity contribution is -0.141. The number of ether oxygens (including phenoxy) is 2. The number of carboxylic acids is 1. The van der Waals surface area contributed by atoms with Crippen LogP contribution in [0, 0.1) is 35.5 Å².